The highest BCUT2D eigenvalue weighted by molar-refractivity contribution is 4.87. The molecular formula is C9H18N2O. The van der Waals surface area contributed by atoms with Gasteiger partial charge in [0, 0.05) is 12.1 Å². The second-order valence-corrected chi connectivity index (χ2v) is 3.27. The molecule has 0 aromatic rings. The second-order valence-electron chi connectivity index (χ2n) is 3.27. The molecule has 0 aromatic heterocycles. The largest absolute Gasteiger partial charge is 0.502 e. The van der Waals surface area contributed by atoms with Crippen molar-refractivity contribution in [1.82, 2.24) is 5.32 Å². The van der Waals surface area contributed by atoms with Crippen molar-refractivity contribution in [1.29, 1.82) is 0 Å². The predicted molar refractivity (Wildman–Crippen MR) is 49.8 cm³/mol. The molecule has 1 aliphatic rings. The topological polar surface area (TPSA) is 47.3 Å². The van der Waals surface area contributed by atoms with Gasteiger partial charge in [-0.15, -0.1) is 0 Å². The Morgan fingerprint density at radius 3 is 2.92 bits per heavy atom. The first-order valence-electron chi connectivity index (χ1n) is 4.54. The molecule has 0 saturated heterocycles. The molecule has 1 fully saturated rings. The standard InChI is InChI=1S/C9H18N2O/c1-2-12-5-3-4-11-9-6-8(10)7-9/h2,8-9,11H,1,3-7,10H2. The summed E-state index contributed by atoms with van der Waals surface area (Å²) < 4.78 is 4.99. The number of hydrogen-bond acceptors (Lipinski definition) is 3. The molecule has 0 amide bonds. The van der Waals surface area contributed by atoms with Gasteiger partial charge >= 0.3 is 0 Å². The van der Waals surface area contributed by atoms with Crippen LogP contribution in [0.2, 0.25) is 0 Å². The zero-order chi connectivity index (χ0) is 8.81. The van der Waals surface area contributed by atoms with Crippen molar-refractivity contribution in [3.63, 3.8) is 0 Å². The van der Waals surface area contributed by atoms with Gasteiger partial charge in [-0.2, -0.15) is 0 Å². The van der Waals surface area contributed by atoms with Crippen molar-refractivity contribution in [2.45, 2.75) is 31.3 Å². The van der Waals surface area contributed by atoms with Gasteiger partial charge in [0.05, 0.1) is 12.9 Å². The van der Waals surface area contributed by atoms with Crippen LogP contribution < -0.4 is 11.1 Å². The Bertz CT molecular complexity index is 132. The molecule has 0 heterocycles. The molecule has 0 unspecified atom stereocenters. The van der Waals surface area contributed by atoms with Crippen LogP contribution in [-0.2, 0) is 4.74 Å². The van der Waals surface area contributed by atoms with E-state index in [4.69, 9.17) is 10.5 Å². The molecular weight excluding hydrogens is 152 g/mol. The van der Waals surface area contributed by atoms with E-state index in [0.717, 1.165) is 32.4 Å². The van der Waals surface area contributed by atoms with Crippen LogP contribution in [0.3, 0.4) is 0 Å². The number of nitrogens with one attached hydrogen (secondary N) is 1. The van der Waals surface area contributed by atoms with Gasteiger partial charge < -0.3 is 15.8 Å². The van der Waals surface area contributed by atoms with E-state index in [9.17, 15) is 0 Å². The van der Waals surface area contributed by atoms with E-state index in [1.54, 1.807) is 0 Å². The minimum atomic E-state index is 0.437. The average Bonchev–Trinajstić information content (AvgIpc) is 2.00. The molecule has 3 heteroatoms. The van der Waals surface area contributed by atoms with Crippen molar-refractivity contribution in [3.8, 4) is 0 Å². The summed E-state index contributed by atoms with van der Waals surface area (Å²) in [5.41, 5.74) is 5.64. The summed E-state index contributed by atoms with van der Waals surface area (Å²) in [6.07, 6.45) is 4.78. The molecule has 0 aliphatic heterocycles. The van der Waals surface area contributed by atoms with Crippen LogP contribution in [0.5, 0.6) is 0 Å². The molecule has 12 heavy (non-hydrogen) atoms. The highest BCUT2D eigenvalue weighted by Gasteiger charge is 2.24. The number of rotatable bonds is 6. The number of nitrogens with two attached hydrogens (primary N) is 1. The molecule has 70 valence electrons. The quantitative estimate of drug-likeness (QED) is 0.453. The molecule has 0 radical (unpaired) electrons. The van der Waals surface area contributed by atoms with E-state index in [-0.39, 0.29) is 0 Å². The van der Waals surface area contributed by atoms with Crippen molar-refractivity contribution < 1.29 is 4.74 Å². The zero-order valence-corrected chi connectivity index (χ0v) is 7.46. The van der Waals surface area contributed by atoms with Crippen LogP contribution in [0.15, 0.2) is 12.8 Å². The van der Waals surface area contributed by atoms with Gasteiger partial charge in [0.25, 0.3) is 0 Å². The lowest BCUT2D eigenvalue weighted by atomic mass is 9.88. The van der Waals surface area contributed by atoms with Crippen molar-refractivity contribution in [2.24, 2.45) is 5.73 Å². The summed E-state index contributed by atoms with van der Waals surface area (Å²) in [7, 11) is 0. The van der Waals surface area contributed by atoms with Crippen molar-refractivity contribution >= 4 is 0 Å². The zero-order valence-electron chi connectivity index (χ0n) is 7.46. The van der Waals surface area contributed by atoms with Gasteiger partial charge in [-0.3, -0.25) is 0 Å². The van der Waals surface area contributed by atoms with Gasteiger partial charge in [0.1, 0.15) is 0 Å². The Balaban J connectivity index is 1.80. The van der Waals surface area contributed by atoms with E-state index in [0.29, 0.717) is 12.1 Å². The van der Waals surface area contributed by atoms with Crippen LogP contribution in [-0.4, -0.2) is 25.2 Å². The third-order valence-corrected chi connectivity index (χ3v) is 2.16. The summed E-state index contributed by atoms with van der Waals surface area (Å²) >= 11 is 0. The minimum Gasteiger partial charge on any atom is -0.502 e. The summed E-state index contributed by atoms with van der Waals surface area (Å²) in [5.74, 6) is 0. The molecule has 0 bridgehead atoms. The van der Waals surface area contributed by atoms with Crippen molar-refractivity contribution in [2.75, 3.05) is 13.2 Å². The lowest BCUT2D eigenvalue weighted by molar-refractivity contribution is 0.232. The maximum Gasteiger partial charge on any atom is 0.0885 e. The Hall–Kier alpha value is -0.540. The highest BCUT2D eigenvalue weighted by atomic mass is 16.5. The summed E-state index contributed by atoms with van der Waals surface area (Å²) in [6.45, 7) is 5.25. The van der Waals surface area contributed by atoms with E-state index < -0.39 is 0 Å². The highest BCUT2D eigenvalue weighted by Crippen LogP contribution is 2.16. The first kappa shape index (κ1) is 9.55. The van der Waals surface area contributed by atoms with Gasteiger partial charge in [-0.05, 0) is 25.8 Å². The third-order valence-electron chi connectivity index (χ3n) is 2.16. The summed E-state index contributed by atoms with van der Waals surface area (Å²) in [5, 5.41) is 3.41. The van der Waals surface area contributed by atoms with Crippen LogP contribution in [0.1, 0.15) is 19.3 Å². The average molecular weight is 170 g/mol. The molecule has 0 atom stereocenters. The lowest BCUT2D eigenvalue weighted by Crippen LogP contribution is -2.48. The van der Waals surface area contributed by atoms with Gasteiger partial charge in [0.15, 0.2) is 0 Å². The maximum atomic E-state index is 5.64. The molecule has 1 rings (SSSR count). The fourth-order valence-electron chi connectivity index (χ4n) is 1.37. The van der Waals surface area contributed by atoms with E-state index in [2.05, 4.69) is 11.9 Å². The normalized spacial score (nSPS) is 27.8. The SMILES string of the molecule is C=COCCCNC1CC(N)C1. The first-order chi connectivity index (χ1) is 5.83. The summed E-state index contributed by atoms with van der Waals surface area (Å²) in [6, 6.07) is 1.09. The Labute approximate surface area is 74.0 Å². The fraction of sp³-hybridized carbons (Fsp3) is 0.778. The van der Waals surface area contributed by atoms with E-state index in [1.807, 2.05) is 0 Å². The first-order valence-corrected chi connectivity index (χ1v) is 4.54. The summed E-state index contributed by atoms with van der Waals surface area (Å²) in [4.78, 5) is 0. The Morgan fingerprint density at radius 1 is 1.58 bits per heavy atom. The van der Waals surface area contributed by atoms with Gasteiger partial charge in [0.2, 0.25) is 0 Å². The molecule has 1 aliphatic carbocycles. The third kappa shape index (κ3) is 3.24. The van der Waals surface area contributed by atoms with Gasteiger partial charge in [-0.1, -0.05) is 6.58 Å². The number of ether oxygens (including phenoxy) is 1. The van der Waals surface area contributed by atoms with Crippen LogP contribution in [0.4, 0.5) is 0 Å². The van der Waals surface area contributed by atoms with Crippen LogP contribution in [0.25, 0.3) is 0 Å². The molecule has 0 spiro atoms. The van der Waals surface area contributed by atoms with E-state index >= 15 is 0 Å². The number of hydrogen-bond donors (Lipinski definition) is 2. The molecule has 0 aromatic carbocycles. The van der Waals surface area contributed by atoms with Gasteiger partial charge in [-0.25, -0.2) is 0 Å². The maximum absolute atomic E-state index is 5.64. The second kappa shape index (κ2) is 5.17. The predicted octanol–water partition coefficient (Wildman–Crippen LogP) is 0.616. The lowest BCUT2D eigenvalue weighted by Gasteiger charge is -2.33. The minimum absolute atomic E-state index is 0.437. The molecule has 1 saturated carbocycles. The molecule has 3 N–H and O–H groups in total. The molecule has 3 nitrogen and oxygen atoms in total. The Morgan fingerprint density at radius 2 is 2.33 bits per heavy atom. The Kier molecular flexibility index (Phi) is 4.11. The van der Waals surface area contributed by atoms with Crippen molar-refractivity contribution in [3.05, 3.63) is 12.8 Å². The van der Waals surface area contributed by atoms with Crippen LogP contribution in [0, 0.1) is 0 Å². The smallest absolute Gasteiger partial charge is 0.0885 e. The van der Waals surface area contributed by atoms with E-state index in [1.165, 1.54) is 6.26 Å². The fourth-order valence-corrected chi connectivity index (χ4v) is 1.37. The monoisotopic (exact) mass is 170 g/mol. The van der Waals surface area contributed by atoms with Crippen LogP contribution >= 0.6 is 0 Å².